The zero-order valence-corrected chi connectivity index (χ0v) is 13.2. The number of hydrogen-bond acceptors (Lipinski definition) is 7. The van der Waals surface area contributed by atoms with E-state index in [0.29, 0.717) is 22.8 Å². The van der Waals surface area contributed by atoms with E-state index in [9.17, 15) is 19.5 Å². The molecule has 21 heavy (non-hydrogen) atoms. The minimum absolute atomic E-state index is 0.0342. The number of carboxylic acids is 1. The quantitative estimate of drug-likeness (QED) is 0.709. The lowest BCUT2D eigenvalue weighted by molar-refractivity contribution is -0.147. The molecular formula is C12H12N2O4S3. The molecule has 0 aliphatic carbocycles. The molecule has 6 nitrogen and oxygen atoms in total. The Hall–Kier alpha value is -0.900. The second-order valence-electron chi connectivity index (χ2n) is 4.70. The van der Waals surface area contributed by atoms with Crippen LogP contribution >= 0.6 is 35.3 Å². The Morgan fingerprint density at radius 2 is 2.24 bits per heavy atom. The Bertz CT molecular complexity index is 601. The van der Waals surface area contributed by atoms with E-state index in [4.69, 9.17) is 5.73 Å². The van der Waals surface area contributed by atoms with Gasteiger partial charge in [0.15, 0.2) is 0 Å². The van der Waals surface area contributed by atoms with Crippen LogP contribution < -0.4 is 5.73 Å². The molecule has 0 bridgehead atoms. The van der Waals surface area contributed by atoms with Gasteiger partial charge < -0.3 is 10.8 Å². The highest BCUT2D eigenvalue weighted by atomic mass is 32.2. The number of amides is 1. The second kappa shape index (κ2) is 5.71. The smallest absolute Gasteiger partial charge is 0.352 e. The molecule has 1 saturated heterocycles. The fourth-order valence-corrected chi connectivity index (χ4v) is 5.70. The standard InChI is InChI=1S/C12H12N2O4S3/c13-8-10(16)14-9(12(17)18)5(3-21-11(8)14)2-19-6-1-7(15)20-4-6/h1,8,11H,2-4,13H2,(H,17,18)/t8-,11-/m1/s1. The summed E-state index contributed by atoms with van der Waals surface area (Å²) in [5.74, 6) is 0.230. The molecule has 0 saturated carbocycles. The third-order valence-corrected chi connectivity index (χ3v) is 6.89. The maximum atomic E-state index is 11.8. The highest BCUT2D eigenvalue weighted by Gasteiger charge is 2.51. The van der Waals surface area contributed by atoms with Crippen LogP contribution in [0.3, 0.4) is 0 Å². The van der Waals surface area contributed by atoms with Crippen molar-refractivity contribution in [1.82, 2.24) is 4.90 Å². The number of β-lactam (4-membered cyclic amide) rings is 1. The predicted octanol–water partition coefficient (Wildman–Crippen LogP) is 0.458. The van der Waals surface area contributed by atoms with E-state index in [1.54, 1.807) is 6.08 Å². The molecule has 3 aliphatic heterocycles. The number of carbonyl (C=O) groups excluding carboxylic acids is 2. The van der Waals surface area contributed by atoms with E-state index in [2.05, 4.69) is 0 Å². The Morgan fingerprint density at radius 3 is 2.86 bits per heavy atom. The Labute approximate surface area is 133 Å². The Balaban J connectivity index is 1.78. The maximum absolute atomic E-state index is 11.8. The molecule has 0 spiro atoms. The van der Waals surface area contributed by atoms with Crippen LogP contribution in [-0.4, -0.2) is 55.7 Å². The van der Waals surface area contributed by atoms with E-state index >= 15 is 0 Å². The number of carbonyl (C=O) groups is 3. The summed E-state index contributed by atoms with van der Waals surface area (Å²) in [7, 11) is 0. The van der Waals surface area contributed by atoms with Gasteiger partial charge in [-0.3, -0.25) is 14.5 Å². The van der Waals surface area contributed by atoms with Crippen LogP contribution in [0.4, 0.5) is 0 Å². The molecule has 2 atom stereocenters. The van der Waals surface area contributed by atoms with Crippen molar-refractivity contribution in [2.45, 2.75) is 11.4 Å². The van der Waals surface area contributed by atoms with E-state index in [0.717, 1.165) is 4.91 Å². The summed E-state index contributed by atoms with van der Waals surface area (Å²) in [6, 6.07) is -0.606. The average Bonchev–Trinajstić information content (AvgIpc) is 2.88. The second-order valence-corrected chi connectivity index (χ2v) is 7.89. The summed E-state index contributed by atoms with van der Waals surface area (Å²) in [5.41, 5.74) is 6.46. The minimum atomic E-state index is -1.10. The van der Waals surface area contributed by atoms with E-state index in [1.807, 2.05) is 0 Å². The summed E-state index contributed by atoms with van der Waals surface area (Å²) in [6.07, 6.45) is 1.58. The highest BCUT2D eigenvalue weighted by Crippen LogP contribution is 2.41. The van der Waals surface area contributed by atoms with Crippen LogP contribution in [0.1, 0.15) is 0 Å². The van der Waals surface area contributed by atoms with Crippen molar-refractivity contribution in [3.63, 3.8) is 0 Å². The van der Waals surface area contributed by atoms with Crippen LogP contribution in [0, 0.1) is 0 Å². The number of aliphatic carboxylic acids is 1. The molecule has 1 fully saturated rings. The molecule has 3 heterocycles. The maximum Gasteiger partial charge on any atom is 0.352 e. The lowest BCUT2D eigenvalue weighted by atomic mass is 10.0. The SMILES string of the molecule is N[C@@H]1C(=O)N2C(C(=O)O)=C(CSC3=CC(=O)SC3)CS[C@H]12. The summed E-state index contributed by atoms with van der Waals surface area (Å²) in [5, 5.41) is 9.16. The van der Waals surface area contributed by atoms with Crippen molar-refractivity contribution < 1.29 is 19.5 Å². The lowest BCUT2D eigenvalue weighted by Gasteiger charge is -2.48. The molecule has 0 aromatic carbocycles. The van der Waals surface area contributed by atoms with Crippen LogP contribution in [0.2, 0.25) is 0 Å². The first-order valence-corrected chi connectivity index (χ1v) is 9.16. The molecular weight excluding hydrogens is 332 g/mol. The van der Waals surface area contributed by atoms with Crippen molar-refractivity contribution >= 4 is 52.3 Å². The van der Waals surface area contributed by atoms with Gasteiger partial charge in [0.05, 0.1) is 0 Å². The first-order chi connectivity index (χ1) is 9.99. The zero-order chi connectivity index (χ0) is 15.1. The number of rotatable bonds is 4. The van der Waals surface area contributed by atoms with Crippen LogP contribution in [0.25, 0.3) is 0 Å². The molecule has 3 rings (SSSR count). The van der Waals surface area contributed by atoms with Crippen molar-refractivity contribution in [3.8, 4) is 0 Å². The van der Waals surface area contributed by atoms with Gasteiger partial charge in [-0.2, -0.15) is 0 Å². The monoisotopic (exact) mass is 344 g/mol. The number of fused-ring (bicyclic) bond motifs is 1. The summed E-state index contributed by atoms with van der Waals surface area (Å²) in [4.78, 5) is 36.6. The molecule has 0 radical (unpaired) electrons. The summed E-state index contributed by atoms with van der Waals surface area (Å²) < 4.78 is 0. The van der Waals surface area contributed by atoms with Gasteiger partial charge in [0, 0.05) is 23.3 Å². The van der Waals surface area contributed by atoms with Crippen molar-refractivity contribution in [2.75, 3.05) is 17.3 Å². The molecule has 0 aromatic rings. The zero-order valence-electron chi connectivity index (χ0n) is 10.8. The fourth-order valence-electron chi connectivity index (χ4n) is 2.31. The van der Waals surface area contributed by atoms with Gasteiger partial charge in [-0.15, -0.1) is 23.5 Å². The van der Waals surface area contributed by atoms with Gasteiger partial charge in [0.25, 0.3) is 0 Å². The predicted molar refractivity (Wildman–Crippen MR) is 83.7 cm³/mol. The van der Waals surface area contributed by atoms with E-state index < -0.39 is 12.0 Å². The van der Waals surface area contributed by atoms with Gasteiger partial charge in [-0.25, -0.2) is 4.79 Å². The Kier molecular flexibility index (Phi) is 4.08. The third-order valence-electron chi connectivity index (χ3n) is 3.36. The lowest BCUT2D eigenvalue weighted by Crippen LogP contribution is -2.68. The average molecular weight is 344 g/mol. The largest absolute Gasteiger partial charge is 0.477 e. The molecule has 3 N–H and O–H groups in total. The number of nitrogens with two attached hydrogens (primary N) is 1. The molecule has 112 valence electrons. The first-order valence-electron chi connectivity index (χ1n) is 6.14. The molecule has 9 heteroatoms. The minimum Gasteiger partial charge on any atom is -0.477 e. The van der Waals surface area contributed by atoms with Crippen molar-refractivity contribution in [1.29, 1.82) is 0 Å². The van der Waals surface area contributed by atoms with Crippen molar-refractivity contribution in [3.05, 3.63) is 22.3 Å². The van der Waals surface area contributed by atoms with Crippen molar-refractivity contribution in [2.24, 2.45) is 5.73 Å². The van der Waals surface area contributed by atoms with Gasteiger partial charge in [0.2, 0.25) is 11.0 Å². The molecule has 0 aromatic heterocycles. The van der Waals surface area contributed by atoms with Crippen LogP contribution in [0.5, 0.6) is 0 Å². The number of hydrogen-bond donors (Lipinski definition) is 2. The summed E-state index contributed by atoms with van der Waals surface area (Å²) >= 11 is 4.19. The van der Waals surface area contributed by atoms with Gasteiger partial charge in [0.1, 0.15) is 17.1 Å². The van der Waals surface area contributed by atoms with E-state index in [-0.39, 0.29) is 22.1 Å². The molecule has 1 amide bonds. The molecule has 3 aliphatic rings. The highest BCUT2D eigenvalue weighted by molar-refractivity contribution is 8.16. The Morgan fingerprint density at radius 1 is 1.48 bits per heavy atom. The number of nitrogens with zero attached hydrogens (tertiary/aromatic N) is 1. The number of carboxylic acid groups (broad SMARTS) is 1. The van der Waals surface area contributed by atoms with Gasteiger partial charge in [-0.1, -0.05) is 11.8 Å². The third kappa shape index (κ3) is 2.63. The first kappa shape index (κ1) is 15.0. The fraction of sp³-hybridized carbons (Fsp3) is 0.417. The van der Waals surface area contributed by atoms with Crippen LogP contribution in [-0.2, 0) is 14.4 Å². The number of thioether (sulfide) groups is 3. The van der Waals surface area contributed by atoms with E-state index in [1.165, 1.54) is 40.2 Å². The summed E-state index contributed by atoms with van der Waals surface area (Å²) in [6.45, 7) is 0. The topological polar surface area (TPSA) is 101 Å². The molecule has 0 unspecified atom stereocenters. The normalized spacial score (nSPS) is 28.4. The van der Waals surface area contributed by atoms with Gasteiger partial charge >= 0.3 is 5.97 Å². The van der Waals surface area contributed by atoms with Gasteiger partial charge in [-0.05, 0) is 10.5 Å². The van der Waals surface area contributed by atoms with Crippen LogP contribution in [0.15, 0.2) is 22.3 Å².